The van der Waals surface area contributed by atoms with Gasteiger partial charge in [-0.15, -0.1) is 0 Å². The summed E-state index contributed by atoms with van der Waals surface area (Å²) in [5.74, 6) is 0. The average Bonchev–Trinajstić information content (AvgIpc) is 2.76. The molecule has 0 saturated heterocycles. The van der Waals surface area contributed by atoms with E-state index in [1.54, 1.807) is 0 Å². The Morgan fingerprint density at radius 1 is 0.516 bits per heavy atom. The highest BCUT2D eigenvalue weighted by molar-refractivity contribution is 4.58. The predicted octanol–water partition coefficient (Wildman–Crippen LogP) is 6.21. The van der Waals surface area contributed by atoms with Crippen LogP contribution in [0.2, 0.25) is 0 Å². The number of unbranched alkanes of at least 4 members (excludes halogenated alkanes) is 13. The fourth-order valence-electron chi connectivity index (χ4n) is 4.93. The summed E-state index contributed by atoms with van der Waals surface area (Å²) in [4.78, 5) is 0. The van der Waals surface area contributed by atoms with Gasteiger partial charge >= 0.3 is 0 Å². The second-order valence-electron chi connectivity index (χ2n) is 9.89. The lowest BCUT2D eigenvalue weighted by Gasteiger charge is -2.40. The Morgan fingerprint density at radius 2 is 0.903 bits per heavy atom. The molecule has 0 aromatic rings. The molecule has 31 heavy (non-hydrogen) atoms. The van der Waals surface area contributed by atoms with Gasteiger partial charge in [-0.3, -0.25) is 0 Å². The zero-order chi connectivity index (χ0) is 23.0. The van der Waals surface area contributed by atoms with Crippen molar-refractivity contribution in [1.29, 1.82) is 0 Å². The largest absolute Gasteiger partial charge is 0.396 e. The van der Waals surface area contributed by atoms with Gasteiger partial charge in [0.2, 0.25) is 0 Å². The van der Waals surface area contributed by atoms with Crippen LogP contribution in [0.5, 0.6) is 0 Å². The smallest absolute Gasteiger partial charge is 0.105 e. The van der Waals surface area contributed by atoms with E-state index in [9.17, 15) is 15.3 Å². The van der Waals surface area contributed by atoms with Crippen LogP contribution in [-0.4, -0.2) is 65.3 Å². The molecule has 1 atom stereocenters. The summed E-state index contributed by atoms with van der Waals surface area (Å²) < 4.78 is 0.862. The molecule has 3 N–H and O–H groups in total. The minimum atomic E-state index is -0.269. The molecule has 188 valence electrons. The standard InChI is InChI=1S/C27H58NO3/c1-3-5-6-7-8-9-10-11-12-13-14-15-16-17-21-28(22-18-24-29,23-19-25-30)26-27(31)20-4-2/h27,29-31H,3-26H2,1-2H3/q+1. The van der Waals surface area contributed by atoms with E-state index in [1.165, 1.54) is 89.9 Å². The second kappa shape index (κ2) is 23.0. The van der Waals surface area contributed by atoms with Crippen LogP contribution in [0.4, 0.5) is 0 Å². The van der Waals surface area contributed by atoms with E-state index in [-0.39, 0.29) is 19.3 Å². The van der Waals surface area contributed by atoms with Crippen LogP contribution in [-0.2, 0) is 0 Å². The molecule has 0 aliphatic heterocycles. The van der Waals surface area contributed by atoms with Crippen molar-refractivity contribution in [3.63, 3.8) is 0 Å². The van der Waals surface area contributed by atoms with Crippen LogP contribution in [0.1, 0.15) is 129 Å². The number of aliphatic hydroxyl groups excluding tert-OH is 3. The van der Waals surface area contributed by atoms with E-state index in [1.807, 2.05) is 0 Å². The first-order chi connectivity index (χ1) is 15.1. The van der Waals surface area contributed by atoms with Gasteiger partial charge in [0.1, 0.15) is 12.6 Å². The zero-order valence-corrected chi connectivity index (χ0v) is 21.3. The third-order valence-electron chi connectivity index (χ3n) is 6.79. The van der Waals surface area contributed by atoms with Crippen molar-refractivity contribution in [1.82, 2.24) is 0 Å². The van der Waals surface area contributed by atoms with Crippen molar-refractivity contribution in [3.05, 3.63) is 0 Å². The first-order valence-electron chi connectivity index (χ1n) is 13.9. The van der Waals surface area contributed by atoms with E-state index in [2.05, 4.69) is 13.8 Å². The van der Waals surface area contributed by atoms with Gasteiger partial charge in [0.25, 0.3) is 0 Å². The van der Waals surface area contributed by atoms with Crippen molar-refractivity contribution >= 4 is 0 Å². The normalized spacial score (nSPS) is 13.1. The molecule has 1 unspecified atom stereocenters. The van der Waals surface area contributed by atoms with Gasteiger partial charge in [0, 0.05) is 26.1 Å². The van der Waals surface area contributed by atoms with E-state index >= 15 is 0 Å². The molecule has 4 heteroatoms. The molecule has 0 aromatic carbocycles. The quantitative estimate of drug-likeness (QED) is 0.116. The SMILES string of the molecule is CCCCCCCCCCCCCCCC[N+](CCCO)(CCCO)CC(O)CCC. The summed E-state index contributed by atoms with van der Waals surface area (Å²) in [6.45, 7) is 8.48. The van der Waals surface area contributed by atoms with E-state index in [0.717, 1.165) is 56.3 Å². The van der Waals surface area contributed by atoms with Gasteiger partial charge < -0.3 is 19.8 Å². The fourth-order valence-corrected chi connectivity index (χ4v) is 4.93. The Hall–Kier alpha value is -0.160. The topological polar surface area (TPSA) is 60.7 Å². The van der Waals surface area contributed by atoms with E-state index in [4.69, 9.17) is 0 Å². The lowest BCUT2D eigenvalue weighted by Crippen LogP contribution is -2.54. The third-order valence-corrected chi connectivity index (χ3v) is 6.79. The monoisotopic (exact) mass is 444 g/mol. The second-order valence-corrected chi connectivity index (χ2v) is 9.89. The lowest BCUT2D eigenvalue weighted by molar-refractivity contribution is -0.931. The zero-order valence-electron chi connectivity index (χ0n) is 21.3. The fraction of sp³-hybridized carbons (Fsp3) is 1.00. The Balaban J connectivity index is 4.01. The predicted molar refractivity (Wildman–Crippen MR) is 134 cm³/mol. The van der Waals surface area contributed by atoms with Gasteiger partial charge in [0.05, 0.1) is 19.6 Å². The first kappa shape index (κ1) is 30.8. The summed E-state index contributed by atoms with van der Waals surface area (Å²) in [6, 6.07) is 0. The number of hydrogen-bond acceptors (Lipinski definition) is 3. The van der Waals surface area contributed by atoms with Gasteiger partial charge in [-0.25, -0.2) is 0 Å². The van der Waals surface area contributed by atoms with Gasteiger partial charge in [-0.05, 0) is 19.3 Å². The van der Waals surface area contributed by atoms with Gasteiger partial charge in [0.15, 0.2) is 0 Å². The molecule has 0 spiro atoms. The molecule has 0 aliphatic carbocycles. The summed E-state index contributed by atoms with van der Waals surface area (Å²) in [7, 11) is 0. The summed E-state index contributed by atoms with van der Waals surface area (Å²) in [5.41, 5.74) is 0. The summed E-state index contributed by atoms with van der Waals surface area (Å²) in [6.07, 6.45) is 22.3. The Kier molecular flexibility index (Phi) is 22.9. The van der Waals surface area contributed by atoms with Crippen LogP contribution in [0.25, 0.3) is 0 Å². The van der Waals surface area contributed by atoms with Crippen LogP contribution in [0, 0.1) is 0 Å². The van der Waals surface area contributed by atoms with Crippen LogP contribution < -0.4 is 0 Å². The maximum atomic E-state index is 10.5. The molecule has 0 aliphatic rings. The molecule has 0 amide bonds. The van der Waals surface area contributed by atoms with Crippen LogP contribution in [0.3, 0.4) is 0 Å². The minimum Gasteiger partial charge on any atom is -0.396 e. The molecule has 0 radical (unpaired) electrons. The average molecular weight is 445 g/mol. The molecule has 0 heterocycles. The highest BCUT2D eigenvalue weighted by Gasteiger charge is 2.29. The molecule has 0 bridgehead atoms. The Morgan fingerprint density at radius 3 is 1.29 bits per heavy atom. The minimum absolute atomic E-state index is 0.210. The lowest BCUT2D eigenvalue weighted by atomic mass is 10.0. The number of aliphatic hydroxyl groups is 3. The van der Waals surface area contributed by atoms with Crippen molar-refractivity contribution < 1.29 is 19.8 Å². The maximum Gasteiger partial charge on any atom is 0.105 e. The summed E-state index contributed by atoms with van der Waals surface area (Å²) in [5, 5.41) is 29.2. The van der Waals surface area contributed by atoms with E-state index < -0.39 is 0 Å². The maximum absolute atomic E-state index is 10.5. The molecule has 0 fully saturated rings. The molecular weight excluding hydrogens is 386 g/mol. The number of quaternary nitrogens is 1. The molecule has 0 aromatic heterocycles. The molecule has 4 nitrogen and oxygen atoms in total. The Bertz CT molecular complexity index is 343. The van der Waals surface area contributed by atoms with Crippen LogP contribution in [0.15, 0.2) is 0 Å². The van der Waals surface area contributed by atoms with Gasteiger partial charge in [-0.2, -0.15) is 0 Å². The van der Waals surface area contributed by atoms with E-state index in [0.29, 0.717) is 0 Å². The highest BCUT2D eigenvalue weighted by Crippen LogP contribution is 2.18. The van der Waals surface area contributed by atoms with Crippen molar-refractivity contribution in [3.8, 4) is 0 Å². The van der Waals surface area contributed by atoms with Crippen molar-refractivity contribution in [2.75, 3.05) is 39.4 Å². The third kappa shape index (κ3) is 19.1. The molecular formula is C27H58NO3+. The van der Waals surface area contributed by atoms with Crippen molar-refractivity contribution in [2.24, 2.45) is 0 Å². The molecule has 0 rings (SSSR count). The first-order valence-corrected chi connectivity index (χ1v) is 13.9. The van der Waals surface area contributed by atoms with Crippen molar-refractivity contribution in [2.45, 2.75) is 136 Å². The van der Waals surface area contributed by atoms with Gasteiger partial charge in [-0.1, -0.05) is 97.3 Å². The highest BCUT2D eigenvalue weighted by atomic mass is 16.3. The summed E-state index contributed by atoms with van der Waals surface area (Å²) >= 11 is 0. The molecule has 0 saturated carbocycles. The Labute approximate surface area is 195 Å². The number of rotatable bonds is 25. The number of hydrogen-bond donors (Lipinski definition) is 3. The van der Waals surface area contributed by atoms with Crippen LogP contribution >= 0.6 is 0 Å². The number of nitrogens with zero attached hydrogens (tertiary/aromatic N) is 1.